The number of ether oxygens (including phenoxy) is 2. The molecule has 6 nitrogen and oxygen atoms in total. The second-order valence-corrected chi connectivity index (χ2v) is 5.94. The van der Waals surface area contributed by atoms with Crippen molar-refractivity contribution in [3.05, 3.63) is 82.6 Å². The number of hydrogen-bond acceptors (Lipinski definition) is 6. The normalized spacial score (nSPS) is 10.8. The van der Waals surface area contributed by atoms with Crippen molar-refractivity contribution >= 4 is 11.0 Å². The molecule has 28 heavy (non-hydrogen) atoms. The molecule has 0 atom stereocenters. The van der Waals surface area contributed by atoms with Crippen molar-refractivity contribution in [3.8, 4) is 23.4 Å². The lowest BCUT2D eigenvalue weighted by molar-refractivity contribution is 0.410. The van der Waals surface area contributed by atoms with Gasteiger partial charge in [0.05, 0.1) is 0 Å². The van der Waals surface area contributed by atoms with Gasteiger partial charge in [0.15, 0.2) is 0 Å². The zero-order valence-corrected chi connectivity index (χ0v) is 14.9. The Morgan fingerprint density at radius 3 is 2.57 bits per heavy atom. The SMILES string of the molecule is CCc1cc(=O)oc2cc(Oc3nccc(Oc4ccc(F)cc4)n3)ccc12. The maximum absolute atomic E-state index is 13.0. The molecule has 0 radical (unpaired) electrons. The van der Waals surface area contributed by atoms with E-state index in [1.807, 2.05) is 13.0 Å². The standard InChI is InChI=1S/C21H15FN2O4/c1-2-13-11-20(25)28-18-12-16(7-8-17(13)18)27-21-23-10-9-19(24-21)26-15-5-3-14(22)4-6-15/h3-12H,2H2,1H3. The third kappa shape index (κ3) is 3.83. The highest BCUT2D eigenvalue weighted by molar-refractivity contribution is 5.81. The van der Waals surface area contributed by atoms with Gasteiger partial charge in [0.1, 0.15) is 22.9 Å². The molecular formula is C21H15FN2O4. The van der Waals surface area contributed by atoms with Gasteiger partial charge in [0, 0.05) is 29.8 Å². The number of hydrogen-bond donors (Lipinski definition) is 0. The van der Waals surface area contributed by atoms with E-state index in [1.54, 1.807) is 18.2 Å². The number of halogens is 1. The topological polar surface area (TPSA) is 74.5 Å². The van der Waals surface area contributed by atoms with Crippen LogP contribution in [0.4, 0.5) is 4.39 Å². The first-order valence-corrected chi connectivity index (χ1v) is 8.62. The van der Waals surface area contributed by atoms with E-state index >= 15 is 0 Å². The first kappa shape index (κ1) is 17.7. The number of fused-ring (bicyclic) bond motifs is 1. The third-order valence-electron chi connectivity index (χ3n) is 4.04. The molecule has 0 bridgehead atoms. The van der Waals surface area contributed by atoms with E-state index in [0.717, 1.165) is 10.9 Å². The summed E-state index contributed by atoms with van der Waals surface area (Å²) in [4.78, 5) is 19.9. The van der Waals surface area contributed by atoms with Gasteiger partial charge in [-0.25, -0.2) is 14.2 Å². The van der Waals surface area contributed by atoms with Gasteiger partial charge in [-0.15, -0.1) is 0 Å². The molecule has 140 valence electrons. The highest BCUT2D eigenvalue weighted by Crippen LogP contribution is 2.27. The molecule has 0 unspecified atom stereocenters. The average Bonchev–Trinajstić information content (AvgIpc) is 2.69. The van der Waals surface area contributed by atoms with E-state index in [2.05, 4.69) is 9.97 Å². The first-order chi connectivity index (χ1) is 13.6. The van der Waals surface area contributed by atoms with E-state index in [9.17, 15) is 9.18 Å². The molecule has 0 aliphatic heterocycles. The molecule has 0 saturated carbocycles. The van der Waals surface area contributed by atoms with Gasteiger partial charge in [-0.2, -0.15) is 4.98 Å². The van der Waals surface area contributed by atoms with Crippen LogP contribution in [0.3, 0.4) is 0 Å². The summed E-state index contributed by atoms with van der Waals surface area (Å²) in [5.41, 5.74) is 0.928. The van der Waals surface area contributed by atoms with Crippen LogP contribution in [-0.4, -0.2) is 9.97 Å². The second kappa shape index (κ2) is 7.48. The van der Waals surface area contributed by atoms with Crippen LogP contribution in [0.15, 0.2) is 70.0 Å². The number of aromatic nitrogens is 2. The van der Waals surface area contributed by atoms with Gasteiger partial charge in [-0.05, 0) is 48.4 Å². The Morgan fingerprint density at radius 2 is 1.79 bits per heavy atom. The summed E-state index contributed by atoms with van der Waals surface area (Å²) in [6, 6.07) is 13.9. The van der Waals surface area contributed by atoms with Crippen LogP contribution in [-0.2, 0) is 6.42 Å². The van der Waals surface area contributed by atoms with E-state index in [-0.39, 0.29) is 17.7 Å². The molecule has 2 aromatic heterocycles. The molecule has 0 aliphatic rings. The molecule has 0 spiro atoms. The smallest absolute Gasteiger partial charge is 0.336 e. The predicted octanol–water partition coefficient (Wildman–Crippen LogP) is 4.87. The van der Waals surface area contributed by atoms with Gasteiger partial charge in [-0.1, -0.05) is 6.92 Å². The second-order valence-electron chi connectivity index (χ2n) is 5.94. The minimum Gasteiger partial charge on any atom is -0.439 e. The summed E-state index contributed by atoms with van der Waals surface area (Å²) in [6.07, 6.45) is 2.20. The summed E-state index contributed by atoms with van der Waals surface area (Å²) < 4.78 is 29.5. The van der Waals surface area contributed by atoms with Crippen LogP contribution in [0.5, 0.6) is 23.4 Å². The Morgan fingerprint density at radius 1 is 1.00 bits per heavy atom. The highest BCUT2D eigenvalue weighted by atomic mass is 19.1. The van der Waals surface area contributed by atoms with E-state index < -0.39 is 5.63 Å². The fourth-order valence-electron chi connectivity index (χ4n) is 2.73. The maximum Gasteiger partial charge on any atom is 0.336 e. The zero-order chi connectivity index (χ0) is 19.5. The molecule has 0 amide bonds. The lowest BCUT2D eigenvalue weighted by atomic mass is 10.1. The average molecular weight is 378 g/mol. The van der Waals surface area contributed by atoms with Gasteiger partial charge in [0.2, 0.25) is 5.88 Å². The molecule has 4 rings (SSSR count). The summed E-state index contributed by atoms with van der Waals surface area (Å²) in [5.74, 6) is 0.749. The number of rotatable bonds is 5. The van der Waals surface area contributed by atoms with Crippen molar-refractivity contribution in [2.75, 3.05) is 0 Å². The van der Waals surface area contributed by atoms with Crippen molar-refractivity contribution in [2.24, 2.45) is 0 Å². The molecular weight excluding hydrogens is 363 g/mol. The van der Waals surface area contributed by atoms with E-state index in [4.69, 9.17) is 13.9 Å². The van der Waals surface area contributed by atoms with Gasteiger partial charge in [0.25, 0.3) is 0 Å². The van der Waals surface area contributed by atoms with Crippen molar-refractivity contribution in [1.29, 1.82) is 0 Å². The summed E-state index contributed by atoms with van der Waals surface area (Å²) in [5, 5.41) is 0.851. The molecule has 2 heterocycles. The Labute approximate surface area is 159 Å². The number of nitrogens with zero attached hydrogens (tertiary/aromatic N) is 2. The lowest BCUT2D eigenvalue weighted by Gasteiger charge is -2.08. The van der Waals surface area contributed by atoms with Crippen molar-refractivity contribution in [3.63, 3.8) is 0 Å². The van der Waals surface area contributed by atoms with Crippen LogP contribution >= 0.6 is 0 Å². The van der Waals surface area contributed by atoms with Crippen LogP contribution in [0.1, 0.15) is 12.5 Å². The largest absolute Gasteiger partial charge is 0.439 e. The summed E-state index contributed by atoms with van der Waals surface area (Å²) >= 11 is 0. The Kier molecular flexibility index (Phi) is 4.72. The molecule has 0 saturated heterocycles. The Balaban J connectivity index is 1.59. The minimum absolute atomic E-state index is 0.0629. The maximum atomic E-state index is 13.0. The molecule has 4 aromatic rings. The molecule has 0 aliphatic carbocycles. The van der Waals surface area contributed by atoms with Gasteiger partial charge >= 0.3 is 11.6 Å². The fraction of sp³-hybridized carbons (Fsp3) is 0.0952. The Hall–Kier alpha value is -3.74. The van der Waals surface area contributed by atoms with Gasteiger partial charge < -0.3 is 13.9 Å². The third-order valence-corrected chi connectivity index (χ3v) is 4.04. The zero-order valence-electron chi connectivity index (χ0n) is 14.9. The van der Waals surface area contributed by atoms with Crippen LogP contribution in [0, 0.1) is 5.82 Å². The molecule has 7 heteroatoms. The van der Waals surface area contributed by atoms with Crippen LogP contribution in [0.2, 0.25) is 0 Å². The summed E-state index contributed by atoms with van der Waals surface area (Å²) in [7, 11) is 0. The van der Waals surface area contributed by atoms with Crippen molar-refractivity contribution < 1.29 is 18.3 Å². The summed E-state index contributed by atoms with van der Waals surface area (Å²) in [6.45, 7) is 1.97. The van der Waals surface area contributed by atoms with E-state index in [1.165, 1.54) is 36.5 Å². The number of benzene rings is 2. The highest BCUT2D eigenvalue weighted by Gasteiger charge is 2.09. The predicted molar refractivity (Wildman–Crippen MR) is 100 cm³/mol. The lowest BCUT2D eigenvalue weighted by Crippen LogP contribution is -2.00. The van der Waals surface area contributed by atoms with Crippen molar-refractivity contribution in [1.82, 2.24) is 9.97 Å². The van der Waals surface area contributed by atoms with E-state index in [0.29, 0.717) is 23.5 Å². The van der Waals surface area contributed by atoms with Crippen LogP contribution in [0.25, 0.3) is 11.0 Å². The molecule has 0 fully saturated rings. The first-order valence-electron chi connectivity index (χ1n) is 8.62. The Bertz CT molecular complexity index is 1190. The number of aryl methyl sites for hydroxylation is 1. The fourth-order valence-corrected chi connectivity index (χ4v) is 2.73. The molecule has 2 aromatic carbocycles. The van der Waals surface area contributed by atoms with Crippen molar-refractivity contribution in [2.45, 2.75) is 13.3 Å². The monoisotopic (exact) mass is 378 g/mol. The minimum atomic E-state index is -0.410. The quantitative estimate of drug-likeness (QED) is 0.461. The molecule has 0 N–H and O–H groups in total. The van der Waals surface area contributed by atoms with Crippen LogP contribution < -0.4 is 15.1 Å². The van der Waals surface area contributed by atoms with Gasteiger partial charge in [-0.3, -0.25) is 0 Å².